The Morgan fingerprint density at radius 1 is 1.11 bits per heavy atom. The minimum absolute atomic E-state index is 0.00557. The van der Waals surface area contributed by atoms with Crippen LogP contribution >= 0.6 is 11.8 Å². The number of amides is 2. The second-order valence-corrected chi connectivity index (χ2v) is 9.65. The number of benzene rings is 1. The largest absolute Gasteiger partial charge is 0.354 e. The summed E-state index contributed by atoms with van der Waals surface area (Å²) < 4.78 is 0. The van der Waals surface area contributed by atoms with Crippen molar-refractivity contribution < 1.29 is 9.59 Å². The maximum Gasteiger partial charge on any atom is 0.238 e. The van der Waals surface area contributed by atoms with Gasteiger partial charge in [0.25, 0.3) is 0 Å². The molecule has 2 heterocycles. The second kappa shape index (κ2) is 8.87. The maximum atomic E-state index is 12.7. The number of rotatable bonds is 5. The van der Waals surface area contributed by atoms with Gasteiger partial charge in [0.15, 0.2) is 0 Å². The van der Waals surface area contributed by atoms with E-state index in [0.29, 0.717) is 0 Å². The molecule has 1 aliphatic carbocycles. The molecule has 2 aliphatic heterocycles. The number of likely N-dealkylation sites (tertiary alicyclic amines) is 1. The van der Waals surface area contributed by atoms with Crippen LogP contribution in [0, 0.1) is 0 Å². The van der Waals surface area contributed by atoms with Gasteiger partial charge in [0.2, 0.25) is 11.8 Å². The predicted octanol–water partition coefficient (Wildman–Crippen LogP) is 3.79. The summed E-state index contributed by atoms with van der Waals surface area (Å²) in [5, 5.41) is 5.79. The summed E-state index contributed by atoms with van der Waals surface area (Å²) in [6.45, 7) is 3.04. The lowest BCUT2D eigenvalue weighted by Crippen LogP contribution is -2.58. The third kappa shape index (κ3) is 4.38. The topological polar surface area (TPSA) is 61.4 Å². The molecule has 4 rings (SSSR count). The zero-order valence-corrected chi connectivity index (χ0v) is 17.4. The summed E-state index contributed by atoms with van der Waals surface area (Å²) in [6.07, 6.45) is 10.3. The number of hydrogen-bond donors (Lipinski definition) is 2. The van der Waals surface area contributed by atoms with Crippen molar-refractivity contribution in [2.24, 2.45) is 0 Å². The summed E-state index contributed by atoms with van der Waals surface area (Å²) >= 11 is 1.50. The number of thioether (sulfide) groups is 1. The fraction of sp³-hybridized carbons (Fsp3) is 0.636. The molecule has 1 aromatic rings. The van der Waals surface area contributed by atoms with E-state index in [1.54, 1.807) is 0 Å². The molecule has 28 heavy (non-hydrogen) atoms. The molecule has 1 atom stereocenters. The van der Waals surface area contributed by atoms with Crippen molar-refractivity contribution in [3.05, 3.63) is 24.3 Å². The van der Waals surface area contributed by atoms with Crippen molar-refractivity contribution in [2.45, 2.75) is 73.5 Å². The van der Waals surface area contributed by atoms with Crippen LogP contribution in [-0.4, -0.2) is 47.1 Å². The first-order valence-corrected chi connectivity index (χ1v) is 11.6. The van der Waals surface area contributed by atoms with Gasteiger partial charge in [-0.05, 0) is 50.9 Å². The number of nitrogens with one attached hydrogen (secondary N) is 2. The van der Waals surface area contributed by atoms with Crippen molar-refractivity contribution in [1.82, 2.24) is 10.2 Å². The highest BCUT2D eigenvalue weighted by atomic mass is 32.2. The van der Waals surface area contributed by atoms with Crippen LogP contribution in [0.25, 0.3) is 0 Å². The molecule has 3 aliphatic rings. The minimum Gasteiger partial charge on any atom is -0.354 e. The van der Waals surface area contributed by atoms with Crippen LogP contribution in [0.5, 0.6) is 0 Å². The Bertz CT molecular complexity index is 711. The highest BCUT2D eigenvalue weighted by Gasteiger charge is 2.39. The molecular weight excluding hydrogens is 370 g/mol. The predicted molar refractivity (Wildman–Crippen MR) is 114 cm³/mol. The van der Waals surface area contributed by atoms with Crippen LogP contribution in [0.4, 0.5) is 5.69 Å². The van der Waals surface area contributed by atoms with E-state index in [9.17, 15) is 9.59 Å². The average Bonchev–Trinajstić information content (AvgIpc) is 2.74. The third-order valence-corrected chi connectivity index (χ3v) is 7.78. The summed E-state index contributed by atoms with van der Waals surface area (Å²) in [7, 11) is 0. The second-order valence-electron chi connectivity index (χ2n) is 8.41. The van der Waals surface area contributed by atoms with Crippen LogP contribution in [0.2, 0.25) is 0 Å². The Morgan fingerprint density at radius 3 is 2.61 bits per heavy atom. The molecule has 1 saturated carbocycles. The van der Waals surface area contributed by atoms with Gasteiger partial charge in [-0.25, -0.2) is 0 Å². The summed E-state index contributed by atoms with van der Waals surface area (Å²) in [4.78, 5) is 28.8. The standard InChI is InChI=1S/C22H31N3O2S/c26-20(15-19-21(27)24-17-9-3-4-10-18(17)28-19)23-16-22(11-5-1-6-12-22)25-13-7-2-8-14-25/h3-4,9-10,19H,1-2,5-8,11-16H2,(H,23,26)(H,24,27)/t19-/m1/s1. The van der Waals surface area contributed by atoms with E-state index in [1.165, 1.54) is 63.1 Å². The molecule has 1 aromatic carbocycles. The molecule has 5 nitrogen and oxygen atoms in total. The van der Waals surface area contributed by atoms with Gasteiger partial charge >= 0.3 is 0 Å². The summed E-state index contributed by atoms with van der Waals surface area (Å²) in [5.74, 6) is -0.0729. The van der Waals surface area contributed by atoms with Gasteiger partial charge in [0.1, 0.15) is 0 Å². The van der Waals surface area contributed by atoms with E-state index in [0.717, 1.165) is 30.2 Å². The highest BCUT2D eigenvalue weighted by molar-refractivity contribution is 8.01. The lowest BCUT2D eigenvalue weighted by molar-refractivity contribution is -0.124. The Morgan fingerprint density at radius 2 is 1.82 bits per heavy atom. The summed E-state index contributed by atoms with van der Waals surface area (Å²) in [6, 6.07) is 7.78. The first kappa shape index (κ1) is 19.8. The Kier molecular flexibility index (Phi) is 6.26. The fourth-order valence-electron chi connectivity index (χ4n) is 4.91. The molecule has 2 amide bonds. The minimum atomic E-state index is -0.354. The van der Waals surface area contributed by atoms with E-state index < -0.39 is 0 Å². The smallest absolute Gasteiger partial charge is 0.238 e. The number of piperidine rings is 1. The lowest BCUT2D eigenvalue weighted by atomic mass is 9.79. The van der Waals surface area contributed by atoms with Crippen LogP contribution < -0.4 is 10.6 Å². The SMILES string of the molecule is O=C(C[C@H]1Sc2ccccc2NC1=O)NCC1(N2CCCCC2)CCCCC1. The van der Waals surface area contributed by atoms with Crippen LogP contribution in [0.3, 0.4) is 0 Å². The van der Waals surface area contributed by atoms with Crippen molar-refractivity contribution in [3.8, 4) is 0 Å². The number of fused-ring (bicyclic) bond motifs is 1. The van der Waals surface area contributed by atoms with E-state index in [4.69, 9.17) is 0 Å². The van der Waals surface area contributed by atoms with Gasteiger partial charge in [-0.2, -0.15) is 0 Å². The first-order valence-electron chi connectivity index (χ1n) is 10.7. The van der Waals surface area contributed by atoms with Crippen molar-refractivity contribution in [1.29, 1.82) is 0 Å². The molecule has 0 bridgehead atoms. The number of hydrogen-bond acceptors (Lipinski definition) is 4. The van der Waals surface area contributed by atoms with Crippen molar-refractivity contribution in [3.63, 3.8) is 0 Å². The average molecular weight is 402 g/mol. The van der Waals surface area contributed by atoms with Gasteiger partial charge < -0.3 is 10.6 Å². The van der Waals surface area contributed by atoms with Gasteiger partial charge in [-0.1, -0.05) is 37.8 Å². The zero-order chi connectivity index (χ0) is 19.4. The summed E-state index contributed by atoms with van der Waals surface area (Å²) in [5.41, 5.74) is 0.975. The number of carbonyl (C=O) groups excluding carboxylic acids is 2. The van der Waals surface area contributed by atoms with Gasteiger partial charge in [-0.3, -0.25) is 14.5 Å². The molecule has 0 radical (unpaired) electrons. The van der Waals surface area contributed by atoms with E-state index in [-0.39, 0.29) is 29.0 Å². The van der Waals surface area contributed by atoms with Crippen LogP contribution in [0.1, 0.15) is 57.8 Å². The van der Waals surface area contributed by atoms with Crippen molar-refractivity contribution in [2.75, 3.05) is 25.0 Å². The maximum absolute atomic E-state index is 12.7. The fourth-order valence-corrected chi connectivity index (χ4v) is 6.02. The van der Waals surface area contributed by atoms with Gasteiger partial charge in [-0.15, -0.1) is 11.8 Å². The molecule has 2 fully saturated rings. The van der Waals surface area contributed by atoms with Crippen molar-refractivity contribution >= 4 is 29.3 Å². The lowest BCUT2D eigenvalue weighted by Gasteiger charge is -2.48. The van der Waals surface area contributed by atoms with E-state index >= 15 is 0 Å². The van der Waals surface area contributed by atoms with E-state index in [2.05, 4.69) is 15.5 Å². The first-order chi connectivity index (χ1) is 13.7. The number of para-hydroxylation sites is 1. The van der Waals surface area contributed by atoms with Crippen LogP contribution in [-0.2, 0) is 9.59 Å². The number of carbonyl (C=O) groups is 2. The molecule has 2 N–H and O–H groups in total. The van der Waals surface area contributed by atoms with Gasteiger partial charge in [0.05, 0.1) is 10.9 Å². The zero-order valence-electron chi connectivity index (χ0n) is 16.5. The van der Waals surface area contributed by atoms with E-state index in [1.807, 2.05) is 24.3 Å². The molecule has 1 saturated heterocycles. The number of nitrogens with zero attached hydrogens (tertiary/aromatic N) is 1. The Hall–Kier alpha value is -1.53. The highest BCUT2D eigenvalue weighted by Crippen LogP contribution is 2.37. The quantitative estimate of drug-likeness (QED) is 0.788. The number of anilines is 1. The molecule has 0 aromatic heterocycles. The molecule has 6 heteroatoms. The Balaban J connectivity index is 1.35. The normalized spacial score (nSPS) is 24.9. The molecule has 152 valence electrons. The third-order valence-electron chi connectivity index (χ3n) is 6.50. The molecule has 0 unspecified atom stereocenters. The van der Waals surface area contributed by atoms with Gasteiger partial charge in [0, 0.05) is 23.4 Å². The monoisotopic (exact) mass is 401 g/mol. The van der Waals surface area contributed by atoms with Crippen LogP contribution in [0.15, 0.2) is 29.2 Å². The molecule has 0 spiro atoms. The Labute approximate surface area is 172 Å². The molecular formula is C22H31N3O2S.